The predicted molar refractivity (Wildman–Crippen MR) is 59.8 cm³/mol. The van der Waals surface area contributed by atoms with E-state index in [1.165, 1.54) is 5.56 Å². The minimum Gasteiger partial charge on any atom is -0.356 e. The van der Waals surface area contributed by atoms with Crippen molar-refractivity contribution in [1.29, 1.82) is 0 Å². The zero-order valence-corrected chi connectivity index (χ0v) is 8.94. The van der Waals surface area contributed by atoms with Gasteiger partial charge in [-0.05, 0) is 5.56 Å². The number of anilines is 1. The molecule has 4 nitrogen and oxygen atoms in total. The van der Waals surface area contributed by atoms with E-state index in [0.29, 0.717) is 5.95 Å². The molecule has 0 aliphatic heterocycles. The summed E-state index contributed by atoms with van der Waals surface area (Å²) in [4.78, 5) is 4.36. The molecule has 1 heterocycles. The lowest BCUT2D eigenvalue weighted by atomic mass is 10.1. The highest BCUT2D eigenvalue weighted by atomic mass is 15.4. The fourth-order valence-corrected chi connectivity index (χ4v) is 1.46. The molecule has 0 fully saturated rings. The van der Waals surface area contributed by atoms with Crippen molar-refractivity contribution in [1.82, 2.24) is 14.8 Å². The lowest BCUT2D eigenvalue weighted by Crippen LogP contribution is -2.00. The van der Waals surface area contributed by atoms with Gasteiger partial charge in [0.2, 0.25) is 5.95 Å². The maximum absolute atomic E-state index is 4.36. The molecule has 2 rings (SSSR count). The molecule has 0 aliphatic rings. The van der Waals surface area contributed by atoms with E-state index in [1.54, 1.807) is 4.68 Å². The molecule has 0 spiro atoms. The van der Waals surface area contributed by atoms with Gasteiger partial charge in [-0.25, -0.2) is 0 Å². The van der Waals surface area contributed by atoms with Gasteiger partial charge in [0.05, 0.1) is 0 Å². The van der Waals surface area contributed by atoms with Crippen LogP contribution in [0.1, 0.15) is 11.4 Å². The predicted octanol–water partition coefficient (Wildman–Crippen LogP) is 1.45. The Kier molecular flexibility index (Phi) is 2.67. The smallest absolute Gasteiger partial charge is 0.242 e. The van der Waals surface area contributed by atoms with Crippen LogP contribution in [0.5, 0.6) is 0 Å². The van der Waals surface area contributed by atoms with Crippen molar-refractivity contribution >= 4 is 5.95 Å². The highest BCUT2D eigenvalue weighted by Crippen LogP contribution is 2.08. The van der Waals surface area contributed by atoms with Crippen LogP contribution in [-0.2, 0) is 13.5 Å². The zero-order chi connectivity index (χ0) is 10.7. The Morgan fingerprint density at radius 3 is 2.60 bits per heavy atom. The van der Waals surface area contributed by atoms with Gasteiger partial charge in [-0.15, -0.1) is 5.10 Å². The quantitative estimate of drug-likeness (QED) is 0.819. The fraction of sp³-hybridized carbons (Fsp3) is 0.273. The maximum atomic E-state index is 4.36. The van der Waals surface area contributed by atoms with Gasteiger partial charge in [0.25, 0.3) is 0 Å². The topological polar surface area (TPSA) is 42.7 Å². The summed E-state index contributed by atoms with van der Waals surface area (Å²) in [5, 5.41) is 7.15. The summed E-state index contributed by atoms with van der Waals surface area (Å²) in [7, 11) is 3.73. The molecule has 0 radical (unpaired) electrons. The van der Waals surface area contributed by atoms with E-state index in [9.17, 15) is 0 Å². The molecule has 0 aliphatic carbocycles. The van der Waals surface area contributed by atoms with Crippen LogP contribution in [0, 0.1) is 0 Å². The fourth-order valence-electron chi connectivity index (χ4n) is 1.46. The van der Waals surface area contributed by atoms with Crippen LogP contribution in [0.4, 0.5) is 5.95 Å². The van der Waals surface area contributed by atoms with E-state index in [-0.39, 0.29) is 0 Å². The number of nitrogens with zero attached hydrogens (tertiary/aromatic N) is 3. The molecule has 78 valence electrons. The third kappa shape index (κ3) is 2.15. The second-order valence-electron chi connectivity index (χ2n) is 3.39. The Labute approximate surface area is 89.0 Å². The van der Waals surface area contributed by atoms with Crippen LogP contribution in [0.3, 0.4) is 0 Å². The van der Waals surface area contributed by atoms with Crippen molar-refractivity contribution in [2.24, 2.45) is 7.05 Å². The van der Waals surface area contributed by atoms with Crippen molar-refractivity contribution in [3.05, 3.63) is 41.7 Å². The number of hydrogen-bond donors (Lipinski definition) is 1. The van der Waals surface area contributed by atoms with Gasteiger partial charge in [-0.3, -0.25) is 4.68 Å². The summed E-state index contributed by atoms with van der Waals surface area (Å²) in [6.07, 6.45) is 0.812. The summed E-state index contributed by atoms with van der Waals surface area (Å²) in [6, 6.07) is 10.3. The van der Waals surface area contributed by atoms with Crippen molar-refractivity contribution in [2.75, 3.05) is 12.4 Å². The minimum atomic E-state index is 0.670. The third-order valence-electron chi connectivity index (χ3n) is 2.28. The average molecular weight is 202 g/mol. The van der Waals surface area contributed by atoms with E-state index in [0.717, 1.165) is 12.2 Å². The van der Waals surface area contributed by atoms with Gasteiger partial charge in [-0.1, -0.05) is 30.3 Å². The summed E-state index contributed by atoms with van der Waals surface area (Å²) in [6.45, 7) is 0. The van der Waals surface area contributed by atoms with Gasteiger partial charge in [-0.2, -0.15) is 4.98 Å². The van der Waals surface area contributed by atoms with Crippen LogP contribution in [0.25, 0.3) is 0 Å². The monoisotopic (exact) mass is 202 g/mol. The van der Waals surface area contributed by atoms with Gasteiger partial charge in [0.1, 0.15) is 5.82 Å². The summed E-state index contributed by atoms with van der Waals surface area (Å²) in [5.74, 6) is 1.63. The summed E-state index contributed by atoms with van der Waals surface area (Å²) in [5.41, 5.74) is 1.25. The average Bonchev–Trinajstić information content (AvgIpc) is 2.61. The maximum Gasteiger partial charge on any atom is 0.242 e. The van der Waals surface area contributed by atoms with E-state index in [1.807, 2.05) is 32.3 Å². The molecule has 0 unspecified atom stereocenters. The molecule has 0 amide bonds. The molecule has 1 aromatic heterocycles. The number of rotatable bonds is 3. The van der Waals surface area contributed by atoms with Gasteiger partial charge in [0, 0.05) is 20.5 Å². The van der Waals surface area contributed by atoms with Crippen molar-refractivity contribution in [2.45, 2.75) is 6.42 Å². The Morgan fingerprint density at radius 2 is 2.00 bits per heavy atom. The first-order valence-corrected chi connectivity index (χ1v) is 4.91. The van der Waals surface area contributed by atoms with Crippen LogP contribution in [-0.4, -0.2) is 21.8 Å². The Balaban J connectivity index is 2.21. The lowest BCUT2D eigenvalue weighted by Gasteiger charge is -1.99. The third-order valence-corrected chi connectivity index (χ3v) is 2.28. The highest BCUT2D eigenvalue weighted by Gasteiger charge is 2.05. The van der Waals surface area contributed by atoms with Crippen molar-refractivity contribution in [3.8, 4) is 0 Å². The number of aryl methyl sites for hydroxylation is 1. The van der Waals surface area contributed by atoms with E-state index in [4.69, 9.17) is 0 Å². The molecule has 2 aromatic rings. The lowest BCUT2D eigenvalue weighted by molar-refractivity contribution is 0.717. The summed E-state index contributed by atoms with van der Waals surface area (Å²) >= 11 is 0. The van der Waals surface area contributed by atoms with Crippen molar-refractivity contribution < 1.29 is 0 Å². The first-order valence-electron chi connectivity index (χ1n) is 4.91. The largest absolute Gasteiger partial charge is 0.356 e. The number of aromatic nitrogens is 3. The van der Waals surface area contributed by atoms with E-state index < -0.39 is 0 Å². The minimum absolute atomic E-state index is 0.670. The number of benzene rings is 1. The van der Waals surface area contributed by atoms with Crippen LogP contribution >= 0.6 is 0 Å². The molecule has 4 heteroatoms. The first-order chi connectivity index (χ1) is 7.29. The Bertz CT molecular complexity index is 433. The second-order valence-corrected chi connectivity index (χ2v) is 3.39. The molecule has 1 N–H and O–H groups in total. The molecule has 1 aromatic carbocycles. The highest BCUT2D eigenvalue weighted by molar-refractivity contribution is 5.25. The van der Waals surface area contributed by atoms with Crippen molar-refractivity contribution in [3.63, 3.8) is 0 Å². The summed E-state index contributed by atoms with van der Waals surface area (Å²) < 4.78 is 1.80. The van der Waals surface area contributed by atoms with Gasteiger partial charge < -0.3 is 5.32 Å². The van der Waals surface area contributed by atoms with Crippen LogP contribution in [0.15, 0.2) is 30.3 Å². The molecular formula is C11H14N4. The van der Waals surface area contributed by atoms with Gasteiger partial charge >= 0.3 is 0 Å². The SMILES string of the molecule is CNc1nc(Cc2ccccc2)n(C)n1. The zero-order valence-electron chi connectivity index (χ0n) is 8.94. The normalized spacial score (nSPS) is 10.3. The van der Waals surface area contributed by atoms with Gasteiger partial charge in [0.15, 0.2) is 0 Å². The molecule has 0 saturated heterocycles. The van der Waals surface area contributed by atoms with E-state index in [2.05, 4.69) is 27.5 Å². The molecule has 15 heavy (non-hydrogen) atoms. The van der Waals surface area contributed by atoms with Crippen LogP contribution in [0.2, 0.25) is 0 Å². The molecule has 0 saturated carbocycles. The number of nitrogens with one attached hydrogen (secondary N) is 1. The van der Waals surface area contributed by atoms with Crippen LogP contribution < -0.4 is 5.32 Å². The second kappa shape index (κ2) is 4.13. The van der Waals surface area contributed by atoms with E-state index >= 15 is 0 Å². The first kappa shape index (κ1) is 9.71. The molecular weight excluding hydrogens is 188 g/mol. The molecule has 0 bridgehead atoms. The molecule has 0 atom stereocenters. The standard InChI is InChI=1S/C11H14N4/c1-12-11-13-10(15(2)14-11)8-9-6-4-3-5-7-9/h3-7H,8H2,1-2H3,(H,12,14). The Morgan fingerprint density at radius 1 is 1.27 bits per heavy atom. The number of hydrogen-bond acceptors (Lipinski definition) is 3. The Hall–Kier alpha value is -1.84.